The summed E-state index contributed by atoms with van der Waals surface area (Å²) in [6, 6.07) is 0. The second-order valence-corrected chi connectivity index (χ2v) is 10.3. The summed E-state index contributed by atoms with van der Waals surface area (Å²) in [6.45, 7) is -1.05. The zero-order valence-corrected chi connectivity index (χ0v) is 28.0. The van der Waals surface area contributed by atoms with E-state index >= 15 is 0 Å². The van der Waals surface area contributed by atoms with Crippen LogP contribution in [0.3, 0.4) is 0 Å². The van der Waals surface area contributed by atoms with E-state index in [1.165, 1.54) is 10.9 Å². The number of nitrogen functional groups attached to an aromatic ring is 1. The molecular weight excluding hydrogens is 681 g/mol. The normalized spacial score (nSPS) is 21.0. The number of aromatic nitrogens is 4. The van der Waals surface area contributed by atoms with Crippen LogP contribution in [0, 0.1) is 0 Å². The number of fused-ring (bicyclic) bond motifs is 1. The first kappa shape index (κ1) is 65.1. The Morgan fingerprint density at radius 1 is 0.857 bits per heavy atom. The van der Waals surface area contributed by atoms with Gasteiger partial charge in [0.05, 0.1) is 12.9 Å². The molecule has 0 amide bonds. The molecule has 0 bridgehead atoms. The summed E-state index contributed by atoms with van der Waals surface area (Å²) in [5, 5.41) is 20.4. The van der Waals surface area contributed by atoms with Crippen LogP contribution >= 0.6 is 23.5 Å². The van der Waals surface area contributed by atoms with Gasteiger partial charge in [0, 0.05) is 0 Å². The number of phosphoric acid groups is 3. The van der Waals surface area contributed by atoms with Crippen molar-refractivity contribution < 1.29 is 170 Å². The first-order valence-electron chi connectivity index (χ1n) is 7.88. The van der Waals surface area contributed by atoms with Gasteiger partial charge in [0.15, 0.2) is 17.7 Å². The summed E-state index contributed by atoms with van der Waals surface area (Å²) >= 11 is 0. The third-order valence-electron chi connectivity index (χ3n) is 3.80. The van der Waals surface area contributed by atoms with E-state index < -0.39 is 54.6 Å². The van der Waals surface area contributed by atoms with Crippen molar-refractivity contribution in [2.24, 2.45) is 0 Å². The molecule has 6 atom stereocenters. The molecule has 3 rings (SSSR count). The van der Waals surface area contributed by atoms with Gasteiger partial charge in [-0.05, 0) is 0 Å². The van der Waals surface area contributed by atoms with Crippen molar-refractivity contribution in [2.45, 2.75) is 24.5 Å². The van der Waals surface area contributed by atoms with Gasteiger partial charge in [-0.2, -0.15) is 0 Å². The van der Waals surface area contributed by atoms with Gasteiger partial charge in [-0.15, -0.1) is 0 Å². The molecule has 24 N–H and O–H groups in total. The summed E-state index contributed by atoms with van der Waals surface area (Å²) in [4.78, 5) is 51.3. The van der Waals surface area contributed by atoms with Crippen LogP contribution in [-0.2, 0) is 31.6 Å². The molecule has 1 fully saturated rings. The van der Waals surface area contributed by atoms with Crippen molar-refractivity contribution in [1.29, 1.82) is 0 Å². The summed E-state index contributed by atoms with van der Waals surface area (Å²) in [5.74, 6) is 0.0284. The average Bonchev–Trinajstić information content (AvgIpc) is 3.13. The summed E-state index contributed by atoms with van der Waals surface area (Å²) in [7, 11) is -17.4. The number of nitrogens with zero attached hydrogens (tertiary/aromatic N) is 4. The van der Waals surface area contributed by atoms with Gasteiger partial charge in [0.1, 0.15) is 30.2 Å². The molecule has 1 saturated heterocycles. The summed E-state index contributed by atoms with van der Waals surface area (Å²) < 4.78 is 50.9. The van der Waals surface area contributed by atoms with E-state index in [9.17, 15) is 33.7 Å². The Labute approximate surface area is 277 Å². The number of rotatable bonds is 8. The first-order valence-corrected chi connectivity index (χ1v) is 12.3. The largest absolute Gasteiger partial charge is 1.00 e. The maximum Gasteiger partial charge on any atom is 1.00 e. The quantitative estimate of drug-likeness (QED) is 0.125. The van der Waals surface area contributed by atoms with Crippen molar-refractivity contribution in [2.75, 3.05) is 12.3 Å². The Morgan fingerprint density at radius 2 is 1.36 bits per heavy atom. The Hall–Kier alpha value is 0.280. The van der Waals surface area contributed by atoms with Gasteiger partial charge >= 0.3 is 66.9 Å². The molecule has 246 valence electrons. The third-order valence-corrected chi connectivity index (χ3v) is 7.52. The fourth-order valence-corrected chi connectivity index (χ4v) is 5.54. The molecule has 0 spiro atoms. The van der Waals surface area contributed by atoms with E-state index in [4.69, 9.17) is 20.3 Å². The average molecular weight is 713 g/mol. The number of aliphatic hydroxyl groups is 2. The van der Waals surface area contributed by atoms with Gasteiger partial charge in [-0.1, -0.05) is 0 Å². The minimum absolute atomic E-state index is 0. The summed E-state index contributed by atoms with van der Waals surface area (Å²) in [5.41, 5.74) is 5.95. The van der Waals surface area contributed by atoms with Crippen LogP contribution in [0.1, 0.15) is 6.23 Å². The molecule has 3 heterocycles. The topological polar surface area (TPSA) is 568 Å². The van der Waals surface area contributed by atoms with Crippen molar-refractivity contribution in [3.8, 4) is 0 Å². The molecule has 27 nitrogen and oxygen atoms in total. The minimum atomic E-state index is -6.01. The van der Waals surface area contributed by atoms with Gasteiger partial charge in [-0.25, -0.2) is 28.1 Å². The van der Waals surface area contributed by atoms with Crippen LogP contribution in [0.4, 0.5) is 5.82 Å². The van der Waals surface area contributed by atoms with Gasteiger partial charge < -0.3 is 94.1 Å². The molecule has 0 radical (unpaired) electrons. The predicted molar refractivity (Wildman–Crippen MR) is 124 cm³/mol. The number of phosphoric ester groups is 1. The third kappa shape index (κ3) is 16.5. The van der Waals surface area contributed by atoms with E-state index in [2.05, 4.69) is 28.1 Å². The Bertz CT molecular complexity index is 1130. The molecule has 2 aromatic heterocycles. The van der Waals surface area contributed by atoms with E-state index in [0.717, 1.165) is 6.33 Å². The second kappa shape index (κ2) is 24.5. The zero-order valence-electron chi connectivity index (χ0n) is 21.3. The Balaban J connectivity index is -0.000000141. The number of hydrogen-bond donors (Lipinski definition) is 5. The van der Waals surface area contributed by atoms with Gasteiger partial charge in [-0.3, -0.25) is 13.7 Å². The zero-order chi connectivity index (χ0) is 23.2. The molecule has 0 saturated carbocycles. The standard InChI is InChI=1S/C10H16N5O13P3.2Na.9H2O/c11-8-5-9(13-2-12-8)15(3-14-5)10-7(17)6(16)4(26-10)1-25-30(21,22)28-31(23,24)27-29(18,19)20;;;;;;;;;;;/h2-4,6-7,10,16-17H,1H2,(H,21,22)(H,23,24)(H2,11,12,13)(H2,18,19,20);;;9*1H2/q;2*+1;;;;;;;;;/p-2/t4-,6-,7-,10-;;;;;;;;;;;/m1.........../s1. The molecule has 0 aromatic carbocycles. The van der Waals surface area contributed by atoms with E-state index in [-0.39, 0.29) is 125 Å². The predicted octanol–water partition coefficient (Wildman–Crippen LogP) is -16.3. The SMILES string of the molecule is Nc1ncnc2c1ncn2[C@@H]1O[C@H](COP(=O)([O-])OP(=O)([O-])OP(=O)(O)O)[C@@H](O)[C@H]1O.O.O.O.O.O.O.O.O.O.[Na+].[Na+]. The van der Waals surface area contributed by atoms with Gasteiger partial charge in [0.25, 0.3) is 15.6 Å². The Kier molecular flexibility index (Phi) is 38.0. The number of ether oxygens (including phenoxy) is 1. The molecule has 1 aliphatic heterocycles. The van der Waals surface area contributed by atoms with Crippen LogP contribution in [0.25, 0.3) is 11.2 Å². The van der Waals surface area contributed by atoms with Crippen LogP contribution in [0.2, 0.25) is 0 Å². The maximum atomic E-state index is 11.6. The molecular formula is C10H32N5Na2O22P3. The molecule has 1 aliphatic rings. The molecule has 2 aromatic rings. The maximum absolute atomic E-state index is 11.6. The van der Waals surface area contributed by atoms with Crippen LogP contribution in [0.5, 0.6) is 0 Å². The minimum Gasteiger partial charge on any atom is -0.756 e. The monoisotopic (exact) mass is 713 g/mol. The fourth-order valence-electron chi connectivity index (χ4n) is 2.61. The molecule has 42 heavy (non-hydrogen) atoms. The van der Waals surface area contributed by atoms with E-state index in [1.54, 1.807) is 0 Å². The molecule has 32 heteroatoms. The molecule has 0 aliphatic carbocycles. The van der Waals surface area contributed by atoms with Crippen LogP contribution in [-0.4, -0.2) is 114 Å². The number of anilines is 1. The number of aliphatic hydroxyl groups excluding tert-OH is 2. The van der Waals surface area contributed by atoms with Crippen molar-refractivity contribution in [1.82, 2.24) is 19.5 Å². The van der Waals surface area contributed by atoms with Crippen molar-refractivity contribution in [3.05, 3.63) is 12.7 Å². The smallest absolute Gasteiger partial charge is 0.756 e. The van der Waals surface area contributed by atoms with Crippen LogP contribution in [0.15, 0.2) is 12.7 Å². The summed E-state index contributed by atoms with van der Waals surface area (Å²) in [6.07, 6.45) is -3.89. The first-order chi connectivity index (χ1) is 14.2. The number of hydrogen-bond acceptors (Lipinski definition) is 15. The van der Waals surface area contributed by atoms with Crippen LogP contribution < -0.4 is 74.6 Å². The van der Waals surface area contributed by atoms with Crippen molar-refractivity contribution >= 4 is 40.4 Å². The second-order valence-electron chi connectivity index (χ2n) is 5.97. The fraction of sp³-hybridized carbons (Fsp3) is 0.500. The van der Waals surface area contributed by atoms with E-state index in [1.807, 2.05) is 0 Å². The van der Waals surface area contributed by atoms with Crippen molar-refractivity contribution in [3.63, 3.8) is 0 Å². The number of nitrogens with two attached hydrogens (primary N) is 1. The number of imidazole rings is 1. The Morgan fingerprint density at radius 3 is 1.83 bits per heavy atom. The van der Waals surface area contributed by atoms with Gasteiger partial charge in [0.2, 0.25) is 0 Å². The van der Waals surface area contributed by atoms with E-state index in [0.29, 0.717) is 0 Å². The molecule has 2 unspecified atom stereocenters.